The molecule has 0 aromatic heterocycles. The molecule has 0 heterocycles. The van der Waals surface area contributed by atoms with Crippen LogP contribution in [-0.4, -0.2) is 13.7 Å². The molecule has 204 valence electrons. The molecule has 0 atom stereocenters. The highest BCUT2D eigenvalue weighted by atomic mass is 16.5. The Morgan fingerprint density at radius 2 is 1.22 bits per heavy atom. The fraction of sp³-hybridized carbons (Fsp3) is 0.128. The normalized spacial score (nSPS) is 11.7. The lowest BCUT2D eigenvalue weighted by Gasteiger charge is -2.22. The van der Waals surface area contributed by atoms with Gasteiger partial charge in [0.1, 0.15) is 5.75 Å². The molecule has 0 saturated carbocycles. The van der Waals surface area contributed by atoms with E-state index in [1.165, 1.54) is 39.0 Å². The van der Waals surface area contributed by atoms with Crippen LogP contribution < -0.4 is 10.5 Å². The van der Waals surface area contributed by atoms with Crippen LogP contribution in [0.2, 0.25) is 0 Å². The standard InChI is InChI=1S/C39H37NO/c1-4-15-28(5-2)35-25-33(29-16-9-6-10-17-29)26-36(30-18-11-7-12-19-30)38(35)34-24-32(22-23-40)39(41-3)37(27-34)31-20-13-8-14-21-31/h4-21,24-27H,22-23,40H2,1-3H3/b15-4-,28-5+. The van der Waals surface area contributed by atoms with Gasteiger partial charge in [0.05, 0.1) is 7.11 Å². The molecule has 0 aliphatic rings. The van der Waals surface area contributed by atoms with Crippen LogP contribution in [0.15, 0.2) is 133 Å². The summed E-state index contributed by atoms with van der Waals surface area (Å²) in [4.78, 5) is 0. The Bertz CT molecular complexity index is 1670. The van der Waals surface area contributed by atoms with Crippen LogP contribution in [0, 0.1) is 0 Å². The maximum atomic E-state index is 6.13. The number of allylic oxidation sites excluding steroid dienone is 4. The summed E-state index contributed by atoms with van der Waals surface area (Å²) in [6, 6.07) is 41.0. The maximum Gasteiger partial charge on any atom is 0.129 e. The van der Waals surface area contributed by atoms with Gasteiger partial charge in [-0.1, -0.05) is 109 Å². The first-order chi connectivity index (χ1) is 20.2. The van der Waals surface area contributed by atoms with Gasteiger partial charge in [0.15, 0.2) is 0 Å². The second-order valence-corrected chi connectivity index (χ2v) is 10.0. The Labute approximate surface area is 244 Å². The molecule has 2 N–H and O–H groups in total. The van der Waals surface area contributed by atoms with E-state index in [1.54, 1.807) is 7.11 Å². The van der Waals surface area contributed by atoms with Crippen LogP contribution in [0.4, 0.5) is 0 Å². The van der Waals surface area contributed by atoms with Crippen LogP contribution in [0.1, 0.15) is 25.0 Å². The van der Waals surface area contributed by atoms with Crippen molar-refractivity contribution in [1.82, 2.24) is 0 Å². The van der Waals surface area contributed by atoms with E-state index in [0.29, 0.717) is 6.54 Å². The number of nitrogens with two attached hydrogens (primary N) is 1. The zero-order valence-electron chi connectivity index (χ0n) is 24.1. The first-order valence-corrected chi connectivity index (χ1v) is 14.2. The fourth-order valence-corrected chi connectivity index (χ4v) is 5.59. The molecule has 0 amide bonds. The van der Waals surface area contributed by atoms with Gasteiger partial charge in [-0.25, -0.2) is 0 Å². The monoisotopic (exact) mass is 535 g/mol. The topological polar surface area (TPSA) is 35.2 Å². The van der Waals surface area contributed by atoms with Gasteiger partial charge in [0.25, 0.3) is 0 Å². The van der Waals surface area contributed by atoms with Gasteiger partial charge in [-0.3, -0.25) is 0 Å². The Hall–Kier alpha value is -4.66. The van der Waals surface area contributed by atoms with Crippen LogP contribution in [0.5, 0.6) is 5.75 Å². The van der Waals surface area contributed by atoms with Crippen molar-refractivity contribution in [2.75, 3.05) is 13.7 Å². The number of hydrogen-bond donors (Lipinski definition) is 1. The van der Waals surface area contributed by atoms with Crippen LogP contribution >= 0.6 is 0 Å². The van der Waals surface area contributed by atoms with Crippen LogP contribution in [0.3, 0.4) is 0 Å². The molecule has 0 unspecified atom stereocenters. The molecule has 41 heavy (non-hydrogen) atoms. The van der Waals surface area contributed by atoms with Crippen LogP contribution in [0.25, 0.3) is 50.1 Å². The number of rotatable bonds is 9. The van der Waals surface area contributed by atoms with E-state index in [1.807, 2.05) is 6.07 Å². The van der Waals surface area contributed by atoms with Crippen molar-refractivity contribution in [3.63, 3.8) is 0 Å². The van der Waals surface area contributed by atoms with Crippen molar-refractivity contribution in [2.45, 2.75) is 20.3 Å². The zero-order chi connectivity index (χ0) is 28.6. The minimum Gasteiger partial charge on any atom is -0.496 e. The molecular formula is C39H37NO. The summed E-state index contributed by atoms with van der Waals surface area (Å²) in [6.45, 7) is 4.72. The molecule has 0 fully saturated rings. The van der Waals surface area contributed by atoms with Gasteiger partial charge in [-0.15, -0.1) is 0 Å². The summed E-state index contributed by atoms with van der Waals surface area (Å²) in [7, 11) is 1.75. The summed E-state index contributed by atoms with van der Waals surface area (Å²) >= 11 is 0. The molecular weight excluding hydrogens is 498 g/mol. The predicted molar refractivity (Wildman–Crippen MR) is 176 cm³/mol. The number of methoxy groups -OCH3 is 1. The molecule has 5 rings (SSSR count). The second kappa shape index (κ2) is 13.1. The van der Waals surface area contributed by atoms with E-state index in [9.17, 15) is 0 Å². The maximum absolute atomic E-state index is 6.13. The van der Waals surface area contributed by atoms with E-state index < -0.39 is 0 Å². The van der Waals surface area contributed by atoms with Gasteiger partial charge >= 0.3 is 0 Å². The van der Waals surface area contributed by atoms with Crippen molar-refractivity contribution < 1.29 is 4.74 Å². The molecule has 5 aromatic rings. The molecule has 0 radical (unpaired) electrons. The molecule has 0 bridgehead atoms. The molecule has 0 aliphatic carbocycles. The van der Waals surface area contributed by atoms with Gasteiger partial charge in [0, 0.05) is 5.56 Å². The SMILES string of the molecule is C/C=C\C(=C/C)c1cc(-c2ccccc2)cc(-c2ccccc2)c1-c1cc(CCN)c(OC)c(-c2ccccc2)c1. The minimum absolute atomic E-state index is 0.540. The Kier molecular flexibility index (Phi) is 8.93. The lowest BCUT2D eigenvalue weighted by atomic mass is 9.82. The molecule has 2 heteroatoms. The van der Waals surface area contributed by atoms with Crippen molar-refractivity contribution in [3.8, 4) is 50.3 Å². The van der Waals surface area contributed by atoms with Gasteiger partial charge in [0.2, 0.25) is 0 Å². The smallest absolute Gasteiger partial charge is 0.129 e. The largest absolute Gasteiger partial charge is 0.496 e. The average molecular weight is 536 g/mol. The zero-order valence-corrected chi connectivity index (χ0v) is 24.1. The summed E-state index contributed by atoms with van der Waals surface area (Å²) in [5.41, 5.74) is 18.9. The van der Waals surface area contributed by atoms with Crippen LogP contribution in [-0.2, 0) is 6.42 Å². The third-order valence-corrected chi connectivity index (χ3v) is 7.46. The van der Waals surface area contributed by atoms with E-state index in [-0.39, 0.29) is 0 Å². The van der Waals surface area contributed by atoms with Crippen molar-refractivity contribution in [1.29, 1.82) is 0 Å². The lowest BCUT2D eigenvalue weighted by molar-refractivity contribution is 0.411. The average Bonchev–Trinajstić information content (AvgIpc) is 3.04. The predicted octanol–water partition coefficient (Wildman–Crippen LogP) is 9.84. The number of hydrogen-bond acceptors (Lipinski definition) is 2. The van der Waals surface area contributed by atoms with E-state index >= 15 is 0 Å². The Morgan fingerprint density at radius 3 is 1.76 bits per heavy atom. The first kappa shape index (κ1) is 27.9. The highest BCUT2D eigenvalue weighted by Gasteiger charge is 2.21. The highest BCUT2D eigenvalue weighted by molar-refractivity contribution is 5.98. The second-order valence-electron chi connectivity index (χ2n) is 10.0. The molecule has 0 spiro atoms. The van der Waals surface area contributed by atoms with Gasteiger partial charge < -0.3 is 10.5 Å². The van der Waals surface area contributed by atoms with Crippen molar-refractivity contribution >= 4 is 5.57 Å². The Morgan fingerprint density at radius 1 is 0.659 bits per heavy atom. The number of benzene rings is 5. The summed E-state index contributed by atoms with van der Waals surface area (Å²) in [6.07, 6.45) is 7.23. The molecule has 5 aromatic carbocycles. The Balaban J connectivity index is 1.92. The molecule has 0 aliphatic heterocycles. The summed E-state index contributed by atoms with van der Waals surface area (Å²) < 4.78 is 6.03. The third-order valence-electron chi connectivity index (χ3n) is 7.46. The van der Waals surface area contributed by atoms with Gasteiger partial charge in [-0.2, -0.15) is 0 Å². The fourth-order valence-electron chi connectivity index (χ4n) is 5.59. The van der Waals surface area contributed by atoms with E-state index in [0.717, 1.165) is 34.4 Å². The molecule has 0 saturated heterocycles. The minimum atomic E-state index is 0.540. The summed E-state index contributed by atoms with van der Waals surface area (Å²) in [5.74, 6) is 0.883. The highest BCUT2D eigenvalue weighted by Crippen LogP contribution is 2.45. The lowest BCUT2D eigenvalue weighted by Crippen LogP contribution is -2.06. The van der Waals surface area contributed by atoms with E-state index in [4.69, 9.17) is 10.5 Å². The third kappa shape index (κ3) is 5.94. The van der Waals surface area contributed by atoms with Crippen molar-refractivity contribution in [2.24, 2.45) is 5.73 Å². The van der Waals surface area contributed by atoms with Gasteiger partial charge in [-0.05, 0) is 107 Å². The quantitative estimate of drug-likeness (QED) is 0.191. The molecule has 2 nitrogen and oxygen atoms in total. The summed E-state index contributed by atoms with van der Waals surface area (Å²) in [5, 5.41) is 0. The first-order valence-electron chi connectivity index (χ1n) is 14.2. The number of ether oxygens (including phenoxy) is 1. The van der Waals surface area contributed by atoms with E-state index in [2.05, 4.69) is 141 Å². The van der Waals surface area contributed by atoms with Crippen molar-refractivity contribution in [3.05, 3.63) is 145 Å².